The summed E-state index contributed by atoms with van der Waals surface area (Å²) in [6.07, 6.45) is 5.90. The monoisotopic (exact) mass is 357 g/mol. The average Bonchev–Trinajstić information content (AvgIpc) is 2.91. The van der Waals surface area contributed by atoms with Crippen LogP contribution in [0.1, 0.15) is 58.3 Å². The summed E-state index contributed by atoms with van der Waals surface area (Å²) in [5, 5.41) is 3.41. The van der Waals surface area contributed by atoms with Crippen molar-refractivity contribution in [3.05, 3.63) is 46.1 Å². The van der Waals surface area contributed by atoms with E-state index in [4.69, 9.17) is 5.73 Å². The molecule has 0 saturated carbocycles. The topological polar surface area (TPSA) is 85.1 Å². The van der Waals surface area contributed by atoms with Gasteiger partial charge in [-0.15, -0.1) is 11.3 Å². The minimum Gasteiger partial charge on any atom is -0.365 e. The summed E-state index contributed by atoms with van der Waals surface area (Å²) in [6, 6.07) is 3.40. The number of carbonyl (C=O) groups excluding carboxylic acids is 2. The van der Waals surface area contributed by atoms with Crippen molar-refractivity contribution in [3.63, 3.8) is 0 Å². The van der Waals surface area contributed by atoms with E-state index in [1.807, 2.05) is 0 Å². The lowest BCUT2D eigenvalue weighted by Crippen LogP contribution is -2.27. The molecule has 0 aromatic carbocycles. The maximum atomic E-state index is 12.4. The maximum Gasteiger partial charge on any atom is 0.257 e. The Bertz CT molecular complexity index is 806. The van der Waals surface area contributed by atoms with Crippen molar-refractivity contribution in [1.82, 2.24) is 4.98 Å². The Kier molecular flexibility index (Phi) is 4.64. The Morgan fingerprint density at radius 1 is 1.36 bits per heavy atom. The summed E-state index contributed by atoms with van der Waals surface area (Å²) >= 11 is 1.48. The van der Waals surface area contributed by atoms with Crippen LogP contribution < -0.4 is 11.1 Å². The van der Waals surface area contributed by atoms with E-state index in [1.165, 1.54) is 22.4 Å². The molecule has 25 heavy (non-hydrogen) atoms. The van der Waals surface area contributed by atoms with Gasteiger partial charge in [0.1, 0.15) is 5.00 Å². The summed E-state index contributed by atoms with van der Waals surface area (Å²) in [5.74, 6) is -0.198. The molecule has 2 amide bonds. The van der Waals surface area contributed by atoms with Crippen LogP contribution in [0.25, 0.3) is 0 Å². The molecular formula is C19H23N3O2S. The highest BCUT2D eigenvalue weighted by Crippen LogP contribution is 2.44. The van der Waals surface area contributed by atoms with Crippen molar-refractivity contribution in [1.29, 1.82) is 0 Å². The molecule has 3 N–H and O–H groups in total. The van der Waals surface area contributed by atoms with Crippen LogP contribution in [0.2, 0.25) is 0 Å². The highest BCUT2D eigenvalue weighted by Gasteiger charge is 2.33. The molecule has 5 nitrogen and oxygen atoms in total. The fourth-order valence-electron chi connectivity index (χ4n) is 3.35. The number of carbonyl (C=O) groups is 2. The molecule has 0 fully saturated rings. The fourth-order valence-corrected chi connectivity index (χ4v) is 4.67. The van der Waals surface area contributed by atoms with Gasteiger partial charge >= 0.3 is 0 Å². The number of primary amides is 1. The van der Waals surface area contributed by atoms with Crippen LogP contribution in [0, 0.1) is 11.3 Å². The van der Waals surface area contributed by atoms with E-state index >= 15 is 0 Å². The molecule has 0 spiro atoms. The van der Waals surface area contributed by atoms with Crippen molar-refractivity contribution in [3.8, 4) is 0 Å². The first-order valence-electron chi connectivity index (χ1n) is 8.43. The van der Waals surface area contributed by atoms with Crippen LogP contribution in [-0.4, -0.2) is 16.8 Å². The van der Waals surface area contributed by atoms with Crippen molar-refractivity contribution in [2.45, 2.75) is 40.0 Å². The number of nitrogens with zero attached hydrogens (tertiary/aromatic N) is 1. The Hall–Kier alpha value is -2.21. The molecule has 0 bridgehead atoms. The first-order valence-corrected chi connectivity index (χ1v) is 9.24. The van der Waals surface area contributed by atoms with Crippen molar-refractivity contribution >= 4 is 28.2 Å². The Balaban J connectivity index is 1.92. The van der Waals surface area contributed by atoms with Gasteiger partial charge < -0.3 is 11.1 Å². The maximum absolute atomic E-state index is 12.4. The summed E-state index contributed by atoms with van der Waals surface area (Å²) in [6.45, 7) is 6.74. The molecule has 0 aliphatic heterocycles. The van der Waals surface area contributed by atoms with Gasteiger partial charge in [-0.1, -0.05) is 20.8 Å². The van der Waals surface area contributed by atoms with Crippen molar-refractivity contribution in [2.75, 3.05) is 5.32 Å². The molecule has 0 saturated heterocycles. The number of hydrogen-bond donors (Lipinski definition) is 2. The lowest BCUT2D eigenvalue weighted by molar-refractivity contribution is 0.1000. The number of hydrogen-bond acceptors (Lipinski definition) is 4. The van der Waals surface area contributed by atoms with Gasteiger partial charge in [-0.25, -0.2) is 0 Å². The van der Waals surface area contributed by atoms with Gasteiger partial charge in [0.05, 0.1) is 11.1 Å². The molecule has 2 heterocycles. The van der Waals surface area contributed by atoms with Gasteiger partial charge in [0.15, 0.2) is 0 Å². The molecular weight excluding hydrogens is 334 g/mol. The largest absolute Gasteiger partial charge is 0.365 e. The third-order valence-corrected chi connectivity index (χ3v) is 6.06. The summed E-state index contributed by atoms with van der Waals surface area (Å²) in [5.41, 5.74) is 7.78. The van der Waals surface area contributed by atoms with Crippen molar-refractivity contribution < 1.29 is 9.59 Å². The van der Waals surface area contributed by atoms with Crippen LogP contribution in [0.3, 0.4) is 0 Å². The van der Waals surface area contributed by atoms with Crippen LogP contribution >= 0.6 is 11.3 Å². The van der Waals surface area contributed by atoms with Crippen molar-refractivity contribution in [2.24, 2.45) is 17.1 Å². The zero-order valence-corrected chi connectivity index (χ0v) is 15.6. The number of fused-ring (bicyclic) bond motifs is 1. The van der Waals surface area contributed by atoms with E-state index in [2.05, 4.69) is 31.1 Å². The molecule has 0 unspecified atom stereocenters. The molecule has 1 aliphatic carbocycles. The number of nitrogens with two attached hydrogens (primary N) is 1. The Labute approximate surface area is 151 Å². The second-order valence-corrected chi connectivity index (χ2v) is 8.68. The van der Waals surface area contributed by atoms with Crippen LogP contribution in [0.5, 0.6) is 0 Å². The third kappa shape index (κ3) is 3.58. The molecule has 0 radical (unpaired) electrons. The van der Waals surface area contributed by atoms with Gasteiger partial charge in [-0.2, -0.15) is 0 Å². The normalized spacial score (nSPS) is 17.0. The molecule has 1 atom stereocenters. The zero-order valence-electron chi connectivity index (χ0n) is 14.8. The number of aromatic nitrogens is 1. The molecule has 132 valence electrons. The second-order valence-electron chi connectivity index (χ2n) is 7.57. The number of pyridine rings is 1. The standard InChI is InChI=1S/C19H23N3O2S/c1-19(2,3)12-6-7-13-14(9-12)25-18(15(13)16(20)23)22-17(24)11-5-4-8-21-10-11/h4-5,8,10,12H,6-7,9H2,1-3H3,(H2,20,23)(H,22,24)/t12-/m0/s1. The minimum atomic E-state index is -0.479. The van der Waals surface area contributed by atoms with Gasteiger partial charge in [-0.3, -0.25) is 14.6 Å². The summed E-state index contributed by atoms with van der Waals surface area (Å²) < 4.78 is 0. The summed E-state index contributed by atoms with van der Waals surface area (Å²) in [4.78, 5) is 29.6. The van der Waals surface area contributed by atoms with E-state index in [0.717, 1.165) is 24.8 Å². The first-order chi connectivity index (χ1) is 11.8. The predicted molar refractivity (Wildman–Crippen MR) is 100.0 cm³/mol. The predicted octanol–water partition coefficient (Wildman–Crippen LogP) is 3.65. The van der Waals surface area contributed by atoms with E-state index < -0.39 is 5.91 Å². The summed E-state index contributed by atoms with van der Waals surface area (Å²) in [7, 11) is 0. The molecule has 2 aromatic rings. The highest BCUT2D eigenvalue weighted by atomic mass is 32.1. The van der Waals surface area contributed by atoms with Gasteiger partial charge in [0.25, 0.3) is 11.8 Å². The second kappa shape index (κ2) is 6.59. The van der Waals surface area contributed by atoms with Gasteiger partial charge in [0, 0.05) is 17.3 Å². The van der Waals surface area contributed by atoms with E-state index in [-0.39, 0.29) is 11.3 Å². The van der Waals surface area contributed by atoms with Crippen LogP contribution in [0.15, 0.2) is 24.5 Å². The van der Waals surface area contributed by atoms with Crippen LogP contribution in [0.4, 0.5) is 5.00 Å². The lowest BCUT2D eigenvalue weighted by Gasteiger charge is -2.33. The van der Waals surface area contributed by atoms with Gasteiger partial charge in [0.2, 0.25) is 0 Å². The number of amides is 2. The Morgan fingerprint density at radius 3 is 2.72 bits per heavy atom. The molecule has 6 heteroatoms. The zero-order chi connectivity index (χ0) is 18.2. The number of rotatable bonds is 3. The fraction of sp³-hybridized carbons (Fsp3) is 0.421. The lowest BCUT2D eigenvalue weighted by atomic mass is 9.72. The van der Waals surface area contributed by atoms with Crippen LogP contribution in [-0.2, 0) is 12.8 Å². The average molecular weight is 357 g/mol. The molecule has 2 aromatic heterocycles. The first kappa shape index (κ1) is 17.6. The van der Waals surface area contributed by atoms with Gasteiger partial charge in [-0.05, 0) is 48.3 Å². The number of thiophene rings is 1. The third-order valence-electron chi connectivity index (χ3n) is 4.89. The smallest absolute Gasteiger partial charge is 0.257 e. The van der Waals surface area contributed by atoms with E-state index in [1.54, 1.807) is 18.3 Å². The number of nitrogens with one attached hydrogen (secondary N) is 1. The minimum absolute atomic E-state index is 0.216. The molecule has 3 rings (SSSR count). The Morgan fingerprint density at radius 2 is 2.12 bits per heavy atom. The van der Waals surface area contributed by atoms with E-state index in [0.29, 0.717) is 22.0 Å². The quantitative estimate of drug-likeness (QED) is 0.879. The number of anilines is 1. The SMILES string of the molecule is CC(C)(C)[C@H]1CCc2c(sc(NC(=O)c3cccnc3)c2C(N)=O)C1. The highest BCUT2D eigenvalue weighted by molar-refractivity contribution is 7.17. The van der Waals surface area contributed by atoms with E-state index in [9.17, 15) is 9.59 Å². The molecule has 1 aliphatic rings.